The average molecular weight is 394 g/mol. The van der Waals surface area contributed by atoms with Crippen LogP contribution >= 0.6 is 0 Å². The normalized spacial score (nSPS) is 15.8. The molecule has 1 aliphatic rings. The standard InChI is InChI=1S/C24H31N3O2/c1-19-9-11-21(12-10-19)17-23(28)27-15-13-26(14-16-27)18-24(29)25(3)20(2)22-7-5-4-6-8-22/h4-12,20H,13-18H2,1-3H3. The van der Waals surface area contributed by atoms with Gasteiger partial charge in [-0.2, -0.15) is 0 Å². The molecule has 2 aromatic carbocycles. The lowest BCUT2D eigenvalue weighted by molar-refractivity contribution is -0.135. The van der Waals surface area contributed by atoms with Crippen LogP contribution in [0, 0.1) is 6.92 Å². The molecule has 1 unspecified atom stereocenters. The van der Waals surface area contributed by atoms with Gasteiger partial charge in [0.2, 0.25) is 11.8 Å². The molecule has 0 aromatic heterocycles. The molecule has 1 aliphatic heterocycles. The summed E-state index contributed by atoms with van der Waals surface area (Å²) in [7, 11) is 1.86. The number of carbonyl (C=O) groups excluding carboxylic acids is 2. The van der Waals surface area contributed by atoms with Crippen molar-refractivity contribution < 1.29 is 9.59 Å². The summed E-state index contributed by atoms with van der Waals surface area (Å²) in [6, 6.07) is 18.2. The molecular formula is C24H31N3O2. The maximum absolute atomic E-state index is 12.7. The minimum Gasteiger partial charge on any atom is -0.340 e. The van der Waals surface area contributed by atoms with Crippen molar-refractivity contribution in [3.8, 4) is 0 Å². The summed E-state index contributed by atoms with van der Waals surface area (Å²) in [6.07, 6.45) is 0.441. The van der Waals surface area contributed by atoms with Crippen molar-refractivity contribution in [2.24, 2.45) is 0 Å². The van der Waals surface area contributed by atoms with Crippen LogP contribution in [-0.4, -0.2) is 66.3 Å². The van der Waals surface area contributed by atoms with Crippen molar-refractivity contribution in [2.75, 3.05) is 39.8 Å². The largest absolute Gasteiger partial charge is 0.340 e. The lowest BCUT2D eigenvalue weighted by atomic mass is 10.1. The zero-order valence-corrected chi connectivity index (χ0v) is 17.7. The van der Waals surface area contributed by atoms with Crippen LogP contribution in [0.5, 0.6) is 0 Å². The highest BCUT2D eigenvalue weighted by molar-refractivity contribution is 5.79. The van der Waals surface area contributed by atoms with Crippen LogP contribution in [0.3, 0.4) is 0 Å². The fourth-order valence-corrected chi connectivity index (χ4v) is 3.62. The van der Waals surface area contributed by atoms with E-state index in [4.69, 9.17) is 0 Å². The Morgan fingerprint density at radius 3 is 2.21 bits per heavy atom. The maximum atomic E-state index is 12.7. The third kappa shape index (κ3) is 5.67. The molecule has 2 amide bonds. The summed E-state index contributed by atoms with van der Waals surface area (Å²) in [5.41, 5.74) is 3.38. The van der Waals surface area contributed by atoms with E-state index in [1.165, 1.54) is 5.56 Å². The molecule has 0 saturated carbocycles. The Hall–Kier alpha value is -2.66. The van der Waals surface area contributed by atoms with Crippen molar-refractivity contribution in [2.45, 2.75) is 26.3 Å². The van der Waals surface area contributed by atoms with Gasteiger partial charge < -0.3 is 9.80 Å². The number of amides is 2. The van der Waals surface area contributed by atoms with Crippen LogP contribution < -0.4 is 0 Å². The van der Waals surface area contributed by atoms with Crippen molar-refractivity contribution >= 4 is 11.8 Å². The average Bonchev–Trinajstić information content (AvgIpc) is 2.75. The topological polar surface area (TPSA) is 43.9 Å². The van der Waals surface area contributed by atoms with Crippen LogP contribution in [0.15, 0.2) is 54.6 Å². The first-order chi connectivity index (χ1) is 13.9. The van der Waals surface area contributed by atoms with Gasteiger partial charge in [0.1, 0.15) is 0 Å². The van der Waals surface area contributed by atoms with Gasteiger partial charge >= 0.3 is 0 Å². The van der Waals surface area contributed by atoms with Gasteiger partial charge in [0.25, 0.3) is 0 Å². The predicted molar refractivity (Wildman–Crippen MR) is 116 cm³/mol. The van der Waals surface area contributed by atoms with E-state index in [1.807, 2.05) is 78.4 Å². The van der Waals surface area contributed by atoms with Gasteiger partial charge in [-0.1, -0.05) is 60.2 Å². The third-order valence-corrected chi connectivity index (χ3v) is 5.82. The first-order valence-corrected chi connectivity index (χ1v) is 10.3. The Balaban J connectivity index is 1.46. The smallest absolute Gasteiger partial charge is 0.236 e. The van der Waals surface area contributed by atoms with Gasteiger partial charge in [-0.3, -0.25) is 14.5 Å². The second kappa shape index (κ2) is 9.70. The zero-order valence-electron chi connectivity index (χ0n) is 17.7. The summed E-state index contributed by atoms with van der Waals surface area (Å²) in [5, 5.41) is 0. The quantitative estimate of drug-likeness (QED) is 0.758. The summed E-state index contributed by atoms with van der Waals surface area (Å²) in [5.74, 6) is 0.274. The van der Waals surface area contributed by atoms with Crippen LogP contribution in [0.4, 0.5) is 0 Å². The molecule has 1 fully saturated rings. The van der Waals surface area contributed by atoms with Crippen molar-refractivity contribution in [3.05, 3.63) is 71.3 Å². The molecule has 5 heteroatoms. The van der Waals surface area contributed by atoms with E-state index in [0.717, 1.165) is 24.2 Å². The summed E-state index contributed by atoms with van der Waals surface area (Å²) < 4.78 is 0. The monoisotopic (exact) mass is 393 g/mol. The minimum atomic E-state index is 0.0427. The number of hydrogen-bond acceptors (Lipinski definition) is 3. The number of aryl methyl sites for hydroxylation is 1. The van der Waals surface area contributed by atoms with Gasteiger partial charge in [-0.05, 0) is 25.0 Å². The number of nitrogens with zero attached hydrogens (tertiary/aromatic N) is 3. The highest BCUT2D eigenvalue weighted by atomic mass is 16.2. The molecule has 1 heterocycles. The Morgan fingerprint density at radius 1 is 0.966 bits per heavy atom. The Bertz CT molecular complexity index is 812. The van der Waals surface area contributed by atoms with Crippen LogP contribution in [0.2, 0.25) is 0 Å². The minimum absolute atomic E-state index is 0.0427. The molecule has 1 atom stereocenters. The summed E-state index contributed by atoms with van der Waals surface area (Å²) >= 11 is 0. The van der Waals surface area contributed by atoms with E-state index in [-0.39, 0.29) is 17.9 Å². The second-order valence-corrected chi connectivity index (χ2v) is 7.91. The zero-order chi connectivity index (χ0) is 20.8. The first kappa shape index (κ1) is 21.1. The van der Waals surface area contributed by atoms with E-state index in [1.54, 1.807) is 0 Å². The Labute approximate surface area is 173 Å². The predicted octanol–water partition coefficient (Wildman–Crippen LogP) is 2.90. The van der Waals surface area contributed by atoms with E-state index >= 15 is 0 Å². The number of piperazine rings is 1. The number of rotatable bonds is 6. The molecule has 1 saturated heterocycles. The lowest BCUT2D eigenvalue weighted by Crippen LogP contribution is -2.51. The molecule has 0 spiro atoms. The number of carbonyl (C=O) groups is 2. The lowest BCUT2D eigenvalue weighted by Gasteiger charge is -2.36. The highest BCUT2D eigenvalue weighted by Crippen LogP contribution is 2.18. The van der Waals surface area contributed by atoms with Gasteiger partial charge in [-0.15, -0.1) is 0 Å². The second-order valence-electron chi connectivity index (χ2n) is 7.91. The first-order valence-electron chi connectivity index (χ1n) is 10.3. The number of benzene rings is 2. The van der Waals surface area contributed by atoms with Crippen LogP contribution in [0.1, 0.15) is 29.7 Å². The van der Waals surface area contributed by atoms with E-state index < -0.39 is 0 Å². The van der Waals surface area contributed by atoms with E-state index in [2.05, 4.69) is 11.8 Å². The molecule has 0 aliphatic carbocycles. The number of hydrogen-bond donors (Lipinski definition) is 0. The summed E-state index contributed by atoms with van der Waals surface area (Å²) in [4.78, 5) is 31.2. The van der Waals surface area contributed by atoms with E-state index in [0.29, 0.717) is 26.1 Å². The maximum Gasteiger partial charge on any atom is 0.236 e. The van der Waals surface area contributed by atoms with Crippen molar-refractivity contribution in [3.63, 3.8) is 0 Å². The van der Waals surface area contributed by atoms with Gasteiger partial charge in [-0.25, -0.2) is 0 Å². The molecule has 3 rings (SSSR count). The number of likely N-dealkylation sites (N-methyl/N-ethyl adjacent to an activating group) is 1. The molecule has 0 radical (unpaired) electrons. The molecule has 29 heavy (non-hydrogen) atoms. The van der Waals surface area contributed by atoms with Gasteiger partial charge in [0.05, 0.1) is 19.0 Å². The van der Waals surface area contributed by atoms with Gasteiger partial charge in [0, 0.05) is 33.2 Å². The van der Waals surface area contributed by atoms with Crippen molar-refractivity contribution in [1.29, 1.82) is 0 Å². The SMILES string of the molecule is Cc1ccc(CC(=O)N2CCN(CC(=O)N(C)C(C)c3ccccc3)CC2)cc1. The molecule has 154 valence electrons. The Morgan fingerprint density at radius 2 is 1.59 bits per heavy atom. The van der Waals surface area contributed by atoms with Crippen LogP contribution in [0.25, 0.3) is 0 Å². The summed E-state index contributed by atoms with van der Waals surface area (Å²) in [6.45, 7) is 7.32. The molecule has 0 N–H and O–H groups in total. The van der Waals surface area contributed by atoms with Crippen LogP contribution in [-0.2, 0) is 16.0 Å². The third-order valence-electron chi connectivity index (χ3n) is 5.82. The molecule has 2 aromatic rings. The van der Waals surface area contributed by atoms with Gasteiger partial charge in [0.15, 0.2) is 0 Å². The molecule has 0 bridgehead atoms. The molecular weight excluding hydrogens is 362 g/mol. The fraction of sp³-hybridized carbons (Fsp3) is 0.417. The fourth-order valence-electron chi connectivity index (χ4n) is 3.62. The van der Waals surface area contributed by atoms with Crippen molar-refractivity contribution in [1.82, 2.24) is 14.7 Å². The Kier molecular flexibility index (Phi) is 7.04. The van der Waals surface area contributed by atoms with E-state index in [9.17, 15) is 9.59 Å². The highest BCUT2D eigenvalue weighted by Gasteiger charge is 2.25. The molecule has 5 nitrogen and oxygen atoms in total.